The van der Waals surface area contributed by atoms with Crippen LogP contribution in [-0.4, -0.2) is 62.6 Å². The van der Waals surface area contributed by atoms with Crippen LogP contribution in [0.25, 0.3) is 22.4 Å². The molecule has 1 spiro atoms. The standard InChI is InChI=1S/C27H26N6O5/c1-2-36-20-13-16(12-18-22(14-3-4-14)31-38-25(18)20)23(34)21-24(35)17-11-15(26-29-32-33-30-26)5-6-19(17)37-27(21)7-9-28-10-8-27/h5-6,11-14,21,28H,2-4,7-10H2,1H3,(H,29,30,32,33)/t21-/m1/s1. The van der Waals surface area contributed by atoms with Crippen LogP contribution in [0.3, 0.4) is 0 Å². The molecule has 1 aliphatic carbocycles. The maximum atomic E-state index is 14.4. The van der Waals surface area contributed by atoms with Crippen LogP contribution in [0.5, 0.6) is 11.5 Å². The van der Waals surface area contributed by atoms with Gasteiger partial charge in [-0.3, -0.25) is 9.59 Å². The summed E-state index contributed by atoms with van der Waals surface area (Å²) in [6.45, 7) is 3.57. The summed E-state index contributed by atoms with van der Waals surface area (Å²) in [5.41, 5.74) is 1.76. The van der Waals surface area contributed by atoms with Gasteiger partial charge >= 0.3 is 0 Å². The summed E-state index contributed by atoms with van der Waals surface area (Å²) in [4.78, 5) is 28.5. The number of piperidine rings is 1. The number of carbonyl (C=O) groups excluding carboxylic acids is 2. The highest BCUT2D eigenvalue weighted by Crippen LogP contribution is 2.47. The van der Waals surface area contributed by atoms with Gasteiger partial charge in [-0.25, -0.2) is 0 Å². The lowest BCUT2D eigenvalue weighted by Gasteiger charge is -2.45. The number of Topliss-reactive ketones (excluding diaryl/α,β-unsaturated/α-hetero) is 2. The Labute approximate surface area is 217 Å². The molecule has 2 aromatic heterocycles. The topological polar surface area (TPSA) is 145 Å². The Morgan fingerprint density at radius 2 is 2.03 bits per heavy atom. The van der Waals surface area contributed by atoms with E-state index < -0.39 is 11.5 Å². The fourth-order valence-electron chi connectivity index (χ4n) is 5.76. The molecule has 7 rings (SSSR count). The van der Waals surface area contributed by atoms with Gasteiger partial charge < -0.3 is 19.3 Å². The van der Waals surface area contributed by atoms with Crippen molar-refractivity contribution in [3.05, 3.63) is 47.2 Å². The first-order chi connectivity index (χ1) is 18.6. The Kier molecular flexibility index (Phi) is 5.29. The molecule has 0 unspecified atom stereocenters. The fourth-order valence-corrected chi connectivity index (χ4v) is 5.76. The largest absolute Gasteiger partial charge is 0.490 e. The number of H-pyrrole nitrogens is 1. The highest BCUT2D eigenvalue weighted by atomic mass is 16.5. The van der Waals surface area contributed by atoms with E-state index in [1.54, 1.807) is 30.3 Å². The van der Waals surface area contributed by atoms with Crippen LogP contribution in [0, 0.1) is 5.92 Å². The number of aromatic amines is 1. The maximum Gasteiger partial charge on any atom is 0.208 e. The molecule has 2 aliphatic heterocycles. The van der Waals surface area contributed by atoms with Crippen molar-refractivity contribution in [1.29, 1.82) is 0 Å². The average Bonchev–Trinajstić information content (AvgIpc) is 3.43. The Bertz CT molecular complexity index is 1550. The third kappa shape index (κ3) is 3.60. The summed E-state index contributed by atoms with van der Waals surface area (Å²) in [6.07, 6.45) is 3.13. The van der Waals surface area contributed by atoms with E-state index in [-0.39, 0.29) is 11.6 Å². The number of carbonyl (C=O) groups is 2. The van der Waals surface area contributed by atoms with Gasteiger partial charge in [0.25, 0.3) is 0 Å². The van der Waals surface area contributed by atoms with E-state index in [4.69, 9.17) is 14.0 Å². The van der Waals surface area contributed by atoms with Gasteiger partial charge in [-0.15, -0.1) is 10.2 Å². The summed E-state index contributed by atoms with van der Waals surface area (Å²) in [7, 11) is 0. The van der Waals surface area contributed by atoms with Crippen LogP contribution in [0.2, 0.25) is 0 Å². The lowest BCUT2D eigenvalue weighted by Crippen LogP contribution is -2.58. The monoisotopic (exact) mass is 514 g/mol. The third-order valence-electron chi connectivity index (χ3n) is 7.78. The van der Waals surface area contributed by atoms with E-state index in [2.05, 4.69) is 31.1 Å². The summed E-state index contributed by atoms with van der Waals surface area (Å²) in [5, 5.41) is 22.5. The number of aromatic nitrogens is 5. The fraction of sp³-hybridized carbons (Fsp3) is 0.407. The molecule has 3 aliphatic rings. The molecule has 38 heavy (non-hydrogen) atoms. The van der Waals surface area contributed by atoms with Crippen LogP contribution >= 0.6 is 0 Å². The van der Waals surface area contributed by atoms with E-state index in [1.165, 1.54) is 0 Å². The van der Waals surface area contributed by atoms with Gasteiger partial charge in [0.15, 0.2) is 17.3 Å². The number of benzene rings is 2. The Morgan fingerprint density at radius 3 is 2.76 bits per heavy atom. The minimum Gasteiger partial charge on any atom is -0.490 e. The molecule has 2 aromatic carbocycles. The number of nitrogens with one attached hydrogen (secondary N) is 2. The molecule has 2 N–H and O–H groups in total. The summed E-state index contributed by atoms with van der Waals surface area (Å²) < 4.78 is 18.1. The molecule has 11 nitrogen and oxygen atoms in total. The van der Waals surface area contributed by atoms with Crippen molar-refractivity contribution in [3.63, 3.8) is 0 Å². The van der Waals surface area contributed by atoms with Crippen LogP contribution in [-0.2, 0) is 0 Å². The van der Waals surface area contributed by atoms with Crippen molar-refractivity contribution >= 4 is 22.5 Å². The van der Waals surface area contributed by atoms with Crippen molar-refractivity contribution in [1.82, 2.24) is 31.1 Å². The highest BCUT2D eigenvalue weighted by molar-refractivity contribution is 6.19. The Balaban J connectivity index is 1.35. The maximum absolute atomic E-state index is 14.4. The SMILES string of the molecule is CCOc1cc(C(=O)[C@@H]2C(=O)c3cc(-c4nn[nH]n4)ccc3OC23CCNCC3)cc2c(C3CC3)noc12. The van der Waals surface area contributed by atoms with E-state index >= 15 is 0 Å². The number of ether oxygens (including phenoxy) is 2. The van der Waals surface area contributed by atoms with Gasteiger partial charge in [-0.05, 0) is 68.4 Å². The zero-order valence-corrected chi connectivity index (χ0v) is 20.8. The molecule has 194 valence electrons. The Hall–Kier alpha value is -4.12. The molecule has 2 fully saturated rings. The minimum atomic E-state index is -1.02. The van der Waals surface area contributed by atoms with E-state index in [9.17, 15) is 9.59 Å². The van der Waals surface area contributed by atoms with E-state index in [0.717, 1.165) is 23.9 Å². The number of hydrogen-bond donors (Lipinski definition) is 2. The molecule has 0 radical (unpaired) electrons. The number of nitrogens with zero attached hydrogens (tertiary/aromatic N) is 4. The van der Waals surface area contributed by atoms with Crippen LogP contribution < -0.4 is 14.8 Å². The van der Waals surface area contributed by atoms with Crippen molar-refractivity contribution in [2.24, 2.45) is 5.92 Å². The van der Waals surface area contributed by atoms with Crippen LogP contribution in [0.15, 0.2) is 34.9 Å². The zero-order chi connectivity index (χ0) is 25.9. The molecule has 1 saturated heterocycles. The molecule has 0 bridgehead atoms. The van der Waals surface area contributed by atoms with Gasteiger partial charge in [-0.2, -0.15) is 5.21 Å². The summed E-state index contributed by atoms with van der Waals surface area (Å²) >= 11 is 0. The normalized spacial score (nSPS) is 20.3. The van der Waals surface area contributed by atoms with Gasteiger partial charge in [0.2, 0.25) is 11.4 Å². The molecule has 1 saturated carbocycles. The molecular weight excluding hydrogens is 488 g/mol. The first-order valence-electron chi connectivity index (χ1n) is 13.0. The Morgan fingerprint density at radius 1 is 1.18 bits per heavy atom. The number of fused-ring (bicyclic) bond motifs is 2. The second-order valence-corrected chi connectivity index (χ2v) is 10.2. The van der Waals surface area contributed by atoms with E-state index in [1.807, 2.05) is 6.92 Å². The van der Waals surface area contributed by atoms with E-state index in [0.29, 0.717) is 78.1 Å². The second-order valence-electron chi connectivity index (χ2n) is 10.2. The lowest BCUT2D eigenvalue weighted by molar-refractivity contribution is -0.0138. The van der Waals surface area contributed by atoms with Crippen LogP contribution in [0.1, 0.15) is 64.9 Å². The summed E-state index contributed by atoms with van der Waals surface area (Å²) in [6, 6.07) is 8.70. The van der Waals surface area contributed by atoms with Gasteiger partial charge in [0, 0.05) is 35.3 Å². The van der Waals surface area contributed by atoms with Gasteiger partial charge in [0.1, 0.15) is 17.3 Å². The quantitative estimate of drug-likeness (QED) is 0.290. The molecule has 0 amide bonds. The third-order valence-corrected chi connectivity index (χ3v) is 7.78. The molecule has 4 aromatic rings. The van der Waals surface area contributed by atoms with Crippen molar-refractivity contribution in [2.75, 3.05) is 19.7 Å². The summed E-state index contributed by atoms with van der Waals surface area (Å²) in [5.74, 6) is 0.0191. The predicted molar refractivity (Wildman–Crippen MR) is 134 cm³/mol. The number of tetrazole rings is 1. The second kappa shape index (κ2) is 8.73. The first kappa shape index (κ1) is 23.0. The van der Waals surface area contributed by atoms with Crippen LogP contribution in [0.4, 0.5) is 0 Å². The smallest absolute Gasteiger partial charge is 0.208 e. The molecular formula is C27H26N6O5. The number of ketones is 2. The lowest BCUT2D eigenvalue weighted by atomic mass is 9.70. The average molecular weight is 515 g/mol. The highest BCUT2D eigenvalue weighted by Gasteiger charge is 2.54. The first-order valence-corrected chi connectivity index (χ1v) is 13.0. The minimum absolute atomic E-state index is 0.269. The van der Waals surface area contributed by atoms with Gasteiger partial charge in [0.05, 0.1) is 17.9 Å². The molecule has 4 heterocycles. The predicted octanol–water partition coefficient (Wildman–Crippen LogP) is 3.48. The van der Waals surface area contributed by atoms with Crippen molar-refractivity contribution in [2.45, 2.75) is 44.1 Å². The van der Waals surface area contributed by atoms with Crippen molar-refractivity contribution < 1.29 is 23.6 Å². The molecule has 11 heteroatoms. The number of rotatable bonds is 6. The van der Waals surface area contributed by atoms with Crippen molar-refractivity contribution in [3.8, 4) is 22.9 Å². The molecule has 1 atom stereocenters. The van der Waals surface area contributed by atoms with Gasteiger partial charge in [-0.1, -0.05) is 5.16 Å². The zero-order valence-electron chi connectivity index (χ0n) is 20.8. The number of hydrogen-bond acceptors (Lipinski definition) is 10.